The molecule has 2 aromatic rings. The zero-order valence-electron chi connectivity index (χ0n) is 18.2. The molecule has 10 heteroatoms. The molecule has 1 saturated heterocycles. The molecule has 1 heterocycles. The number of carbonyl (C=O) groups excluding carboxylic acids is 3. The van der Waals surface area contributed by atoms with Crippen LogP contribution in [0, 0.1) is 0 Å². The summed E-state index contributed by atoms with van der Waals surface area (Å²) in [6, 6.07) is 13.9. The van der Waals surface area contributed by atoms with Gasteiger partial charge < -0.3 is 20.1 Å². The van der Waals surface area contributed by atoms with Crippen LogP contribution in [0.3, 0.4) is 0 Å². The summed E-state index contributed by atoms with van der Waals surface area (Å²) in [6.45, 7) is 2.77. The van der Waals surface area contributed by atoms with E-state index < -0.39 is 7.12 Å². The van der Waals surface area contributed by atoms with Crippen molar-refractivity contribution in [3.63, 3.8) is 0 Å². The minimum Gasteiger partial charge on any atom is -0.423 e. The van der Waals surface area contributed by atoms with Crippen LogP contribution in [0.5, 0.6) is 0 Å². The SMILES string of the molecule is CCc1ccc(/C=C2\SC(=O)N(CCOCCNC(=O)c3cccc(B(O)O)c3)C2=O)cc1. The number of aryl methyl sites for hydroxylation is 1. The number of carbonyl (C=O) groups is 3. The number of hydrogen-bond donors (Lipinski definition) is 3. The van der Waals surface area contributed by atoms with Gasteiger partial charge in [-0.05, 0) is 53.0 Å². The van der Waals surface area contributed by atoms with Crippen LogP contribution >= 0.6 is 11.8 Å². The van der Waals surface area contributed by atoms with Crippen LogP contribution in [-0.4, -0.2) is 65.4 Å². The highest BCUT2D eigenvalue weighted by atomic mass is 32.2. The molecule has 3 amide bonds. The zero-order chi connectivity index (χ0) is 23.8. The van der Waals surface area contributed by atoms with Gasteiger partial charge in [-0.2, -0.15) is 0 Å². The molecule has 0 bridgehead atoms. The van der Waals surface area contributed by atoms with Crippen LogP contribution in [0.2, 0.25) is 0 Å². The van der Waals surface area contributed by atoms with Crippen LogP contribution in [0.25, 0.3) is 6.08 Å². The van der Waals surface area contributed by atoms with Crippen molar-refractivity contribution < 1.29 is 29.2 Å². The van der Waals surface area contributed by atoms with Gasteiger partial charge in [0.25, 0.3) is 17.1 Å². The lowest BCUT2D eigenvalue weighted by Crippen LogP contribution is -2.33. The first kappa shape index (κ1) is 24.7. The molecule has 3 rings (SSSR count). The van der Waals surface area contributed by atoms with E-state index in [-0.39, 0.29) is 48.8 Å². The first-order chi connectivity index (χ1) is 15.9. The van der Waals surface area contributed by atoms with Crippen molar-refractivity contribution in [3.8, 4) is 0 Å². The third-order valence-electron chi connectivity index (χ3n) is 5.00. The monoisotopic (exact) mass is 468 g/mol. The van der Waals surface area contributed by atoms with Crippen molar-refractivity contribution in [2.45, 2.75) is 13.3 Å². The fourth-order valence-corrected chi connectivity index (χ4v) is 4.00. The maximum Gasteiger partial charge on any atom is 0.488 e. The summed E-state index contributed by atoms with van der Waals surface area (Å²) in [7, 11) is -1.65. The molecular formula is C23H25BN2O6S. The lowest BCUT2D eigenvalue weighted by atomic mass is 9.79. The fourth-order valence-electron chi connectivity index (χ4n) is 3.13. The summed E-state index contributed by atoms with van der Waals surface area (Å²) in [5, 5.41) is 20.7. The maximum atomic E-state index is 12.6. The third kappa shape index (κ3) is 6.78. The number of nitrogens with zero attached hydrogens (tertiary/aromatic N) is 1. The van der Waals surface area contributed by atoms with Gasteiger partial charge in [0.2, 0.25) is 0 Å². The summed E-state index contributed by atoms with van der Waals surface area (Å²) in [5.74, 6) is -0.712. The lowest BCUT2D eigenvalue weighted by Gasteiger charge is -2.13. The number of imide groups is 1. The Hall–Kier alpha value is -2.92. The Labute approximate surface area is 196 Å². The second-order valence-corrected chi connectivity index (χ2v) is 8.29. The van der Waals surface area contributed by atoms with E-state index in [0.717, 1.165) is 28.6 Å². The van der Waals surface area contributed by atoms with Crippen molar-refractivity contribution in [1.82, 2.24) is 10.2 Å². The Morgan fingerprint density at radius 3 is 2.61 bits per heavy atom. The Bertz CT molecular complexity index is 1040. The van der Waals surface area contributed by atoms with E-state index in [1.54, 1.807) is 18.2 Å². The molecule has 0 atom stereocenters. The van der Waals surface area contributed by atoms with Gasteiger partial charge in [0.15, 0.2) is 0 Å². The summed E-state index contributed by atoms with van der Waals surface area (Å²) in [6.07, 6.45) is 2.65. The normalized spacial score (nSPS) is 14.8. The molecule has 1 fully saturated rings. The van der Waals surface area contributed by atoms with Gasteiger partial charge in [-0.3, -0.25) is 19.3 Å². The average molecular weight is 468 g/mol. The number of nitrogens with one attached hydrogen (secondary N) is 1. The molecule has 33 heavy (non-hydrogen) atoms. The Morgan fingerprint density at radius 2 is 1.91 bits per heavy atom. The predicted octanol–water partition coefficient (Wildman–Crippen LogP) is 1.41. The zero-order valence-corrected chi connectivity index (χ0v) is 19.0. The van der Waals surface area contributed by atoms with Crippen LogP contribution in [0.1, 0.15) is 28.4 Å². The third-order valence-corrected chi connectivity index (χ3v) is 5.90. The first-order valence-corrected chi connectivity index (χ1v) is 11.4. The highest BCUT2D eigenvalue weighted by Crippen LogP contribution is 2.32. The van der Waals surface area contributed by atoms with Gasteiger partial charge in [0, 0.05) is 12.1 Å². The summed E-state index contributed by atoms with van der Waals surface area (Å²) < 4.78 is 5.45. The number of ether oxygens (including phenoxy) is 1. The molecule has 0 radical (unpaired) electrons. The molecule has 1 aliphatic rings. The summed E-state index contributed by atoms with van der Waals surface area (Å²) in [5.41, 5.74) is 2.59. The Kier molecular flexibility index (Phi) is 8.84. The molecule has 0 saturated carbocycles. The standard InChI is InChI=1S/C23H25BN2O6S/c1-2-16-6-8-17(9-7-16)14-20-22(28)26(23(29)33-20)11-13-32-12-10-25-21(27)18-4-3-5-19(15-18)24(30)31/h3-9,14-15,30-31H,2,10-13H2,1H3,(H,25,27)/b20-14-. The van der Waals surface area contributed by atoms with Crippen molar-refractivity contribution >= 4 is 47.5 Å². The molecule has 8 nitrogen and oxygen atoms in total. The molecule has 2 aromatic carbocycles. The summed E-state index contributed by atoms with van der Waals surface area (Å²) in [4.78, 5) is 38.4. The molecule has 1 aliphatic heterocycles. The van der Waals surface area contributed by atoms with Gasteiger partial charge in [-0.15, -0.1) is 0 Å². The first-order valence-electron chi connectivity index (χ1n) is 10.6. The molecule has 0 aromatic heterocycles. The van der Waals surface area contributed by atoms with E-state index >= 15 is 0 Å². The predicted molar refractivity (Wildman–Crippen MR) is 128 cm³/mol. The minimum absolute atomic E-state index is 0.126. The number of benzene rings is 2. The fraction of sp³-hybridized carbons (Fsp3) is 0.261. The molecule has 0 aliphatic carbocycles. The van der Waals surface area contributed by atoms with Crippen molar-refractivity contribution in [2.75, 3.05) is 26.3 Å². The van der Waals surface area contributed by atoms with Crippen molar-refractivity contribution in [2.24, 2.45) is 0 Å². The van der Waals surface area contributed by atoms with E-state index in [1.807, 2.05) is 24.3 Å². The Balaban J connectivity index is 1.41. The molecule has 0 spiro atoms. The lowest BCUT2D eigenvalue weighted by molar-refractivity contribution is -0.123. The van der Waals surface area contributed by atoms with Gasteiger partial charge in [-0.25, -0.2) is 0 Å². The van der Waals surface area contributed by atoms with Crippen LogP contribution in [0.4, 0.5) is 4.79 Å². The van der Waals surface area contributed by atoms with E-state index in [4.69, 9.17) is 4.74 Å². The number of thioether (sulfide) groups is 1. The largest absolute Gasteiger partial charge is 0.488 e. The second-order valence-electron chi connectivity index (χ2n) is 7.30. The quantitative estimate of drug-likeness (QED) is 0.274. The topological polar surface area (TPSA) is 116 Å². The van der Waals surface area contributed by atoms with Gasteiger partial charge >= 0.3 is 7.12 Å². The molecule has 172 valence electrons. The van der Waals surface area contributed by atoms with Crippen LogP contribution in [0.15, 0.2) is 53.4 Å². The minimum atomic E-state index is -1.65. The highest BCUT2D eigenvalue weighted by molar-refractivity contribution is 8.18. The molecular weight excluding hydrogens is 443 g/mol. The van der Waals surface area contributed by atoms with E-state index in [9.17, 15) is 24.4 Å². The molecule has 3 N–H and O–H groups in total. The van der Waals surface area contributed by atoms with E-state index in [0.29, 0.717) is 10.5 Å². The molecule has 0 unspecified atom stereocenters. The van der Waals surface area contributed by atoms with Crippen LogP contribution < -0.4 is 10.8 Å². The van der Waals surface area contributed by atoms with E-state index in [1.165, 1.54) is 17.7 Å². The highest BCUT2D eigenvalue weighted by Gasteiger charge is 2.34. The number of rotatable bonds is 10. The van der Waals surface area contributed by atoms with Gasteiger partial charge in [0.1, 0.15) is 0 Å². The Morgan fingerprint density at radius 1 is 1.15 bits per heavy atom. The second kappa shape index (κ2) is 11.8. The van der Waals surface area contributed by atoms with Crippen molar-refractivity contribution in [1.29, 1.82) is 0 Å². The number of amides is 3. The van der Waals surface area contributed by atoms with E-state index in [2.05, 4.69) is 12.2 Å². The van der Waals surface area contributed by atoms with Crippen LogP contribution in [-0.2, 0) is 16.0 Å². The average Bonchev–Trinajstić information content (AvgIpc) is 3.08. The van der Waals surface area contributed by atoms with Gasteiger partial charge in [0.05, 0.1) is 24.7 Å². The summed E-state index contributed by atoms with van der Waals surface area (Å²) >= 11 is 0.910. The number of hydrogen-bond acceptors (Lipinski definition) is 7. The smallest absolute Gasteiger partial charge is 0.423 e. The maximum absolute atomic E-state index is 12.6. The van der Waals surface area contributed by atoms with Gasteiger partial charge in [-0.1, -0.05) is 43.3 Å². The van der Waals surface area contributed by atoms with Crippen molar-refractivity contribution in [3.05, 3.63) is 70.1 Å².